The summed E-state index contributed by atoms with van der Waals surface area (Å²) in [5, 5.41) is 7.54. The minimum atomic E-state index is -7.91. The van der Waals surface area contributed by atoms with E-state index in [1.165, 1.54) is 0 Å². The van der Waals surface area contributed by atoms with E-state index < -0.39 is 47.4 Å². The summed E-state index contributed by atoms with van der Waals surface area (Å²) in [6.07, 6.45) is -13.2. The Morgan fingerprint density at radius 3 is 1.42 bits per heavy atom. The maximum atomic E-state index is 13.2. The van der Waals surface area contributed by atoms with Crippen molar-refractivity contribution in [3.05, 3.63) is 11.6 Å². The second-order valence-corrected chi connectivity index (χ2v) is 4.72. The van der Waals surface area contributed by atoms with Gasteiger partial charge in [-0.25, -0.2) is 4.79 Å². The highest BCUT2D eigenvalue weighted by Crippen LogP contribution is 2.59. The maximum Gasteiger partial charge on any atom is 0.473 e. The number of hydrogen-bond acceptors (Lipinski definition) is 3. The zero-order chi connectivity index (χ0) is 21.6. The molecule has 3 nitrogen and oxygen atoms in total. The fourth-order valence-corrected chi connectivity index (χ4v) is 1.14. The zero-order valence-corrected chi connectivity index (χ0v) is 12.4. The number of esters is 1. The largest absolute Gasteiger partial charge is 0.473 e. The Morgan fingerprint density at radius 1 is 0.769 bits per heavy atom. The van der Waals surface area contributed by atoms with Gasteiger partial charge in [-0.2, -0.15) is 52.7 Å². The lowest BCUT2D eigenvalue weighted by molar-refractivity contribution is -0.468. The Hall–Kier alpha value is -1.67. The first-order valence-electron chi connectivity index (χ1n) is 5.97. The van der Waals surface area contributed by atoms with Gasteiger partial charge in [0.1, 0.15) is 0 Å². The maximum absolute atomic E-state index is 13.2. The molecule has 15 heteroatoms. The third-order valence-electron chi connectivity index (χ3n) is 2.90. The molecule has 0 unspecified atom stereocenters. The third-order valence-corrected chi connectivity index (χ3v) is 2.90. The number of carbonyl (C=O) groups excluding carboxylic acids is 1. The van der Waals surface area contributed by atoms with Crippen LogP contribution < -0.4 is 0 Å². The fourth-order valence-electron chi connectivity index (χ4n) is 1.14. The monoisotopic (exact) mass is 416 g/mol. The molecule has 0 saturated heterocycles. The van der Waals surface area contributed by atoms with Gasteiger partial charge in [-0.1, -0.05) is 6.08 Å². The molecule has 0 amide bonds. The number of aliphatic hydroxyl groups is 1. The molecule has 0 bridgehead atoms. The summed E-state index contributed by atoms with van der Waals surface area (Å²) in [6.45, 7) is 1.60. The van der Waals surface area contributed by atoms with Gasteiger partial charge in [0, 0.05) is 5.57 Å². The zero-order valence-electron chi connectivity index (χ0n) is 12.4. The highest BCUT2D eigenvalue weighted by molar-refractivity contribution is 5.87. The van der Waals surface area contributed by atoms with Gasteiger partial charge >= 0.3 is 41.9 Å². The number of alkyl halides is 12. The average molecular weight is 416 g/mol. The van der Waals surface area contributed by atoms with E-state index in [0.717, 1.165) is 6.92 Å². The van der Waals surface area contributed by atoms with E-state index in [2.05, 4.69) is 4.74 Å². The van der Waals surface area contributed by atoms with Crippen molar-refractivity contribution in [1.82, 2.24) is 0 Å². The van der Waals surface area contributed by atoms with Crippen molar-refractivity contribution >= 4 is 5.97 Å². The lowest BCUT2D eigenvalue weighted by atomic mass is 9.97. The lowest BCUT2D eigenvalue weighted by Gasteiger charge is -2.39. The van der Waals surface area contributed by atoms with Crippen LogP contribution in [0.1, 0.15) is 13.8 Å². The van der Waals surface area contributed by atoms with Gasteiger partial charge in [0.15, 0.2) is 0 Å². The first kappa shape index (κ1) is 24.3. The van der Waals surface area contributed by atoms with Crippen LogP contribution in [-0.4, -0.2) is 47.0 Å². The number of ether oxygens (including phenoxy) is 1. The quantitative estimate of drug-likeness (QED) is 0.384. The van der Waals surface area contributed by atoms with Crippen molar-refractivity contribution < 1.29 is 67.3 Å². The molecule has 0 fully saturated rings. The summed E-state index contributed by atoms with van der Waals surface area (Å²) in [5.74, 6) is -33.4. The van der Waals surface area contributed by atoms with Gasteiger partial charge in [0.25, 0.3) is 0 Å². The van der Waals surface area contributed by atoms with Crippen LogP contribution in [0.2, 0.25) is 0 Å². The van der Waals surface area contributed by atoms with Crippen LogP contribution in [-0.2, 0) is 9.53 Å². The predicted molar refractivity (Wildman–Crippen MR) is 57.4 cm³/mol. The van der Waals surface area contributed by atoms with Gasteiger partial charge < -0.3 is 9.84 Å². The molecule has 0 aromatic heterocycles. The molecule has 0 aliphatic carbocycles. The van der Waals surface area contributed by atoms with E-state index >= 15 is 0 Å². The van der Waals surface area contributed by atoms with Crippen molar-refractivity contribution in [3.8, 4) is 0 Å². The number of hydrogen-bond donors (Lipinski definition) is 1. The smallest absolute Gasteiger partial charge is 0.393 e. The van der Waals surface area contributed by atoms with Gasteiger partial charge in [0.05, 0.1) is 0 Å². The molecular weight excluding hydrogens is 408 g/mol. The van der Waals surface area contributed by atoms with Crippen molar-refractivity contribution in [3.63, 3.8) is 0 Å². The highest BCUT2D eigenvalue weighted by Gasteiger charge is 2.91. The van der Waals surface area contributed by atoms with Crippen LogP contribution in [0.3, 0.4) is 0 Å². The summed E-state index contributed by atoms with van der Waals surface area (Å²) < 4.78 is 157. The standard InChI is InChI=1S/C11H8F12O3/c1-3-4(2)5(24)26-11(22,23)9(18,19)7(14,15)6(12,13)8(16,17)10(20,21)25/h3,25H,1-2H3. The lowest BCUT2D eigenvalue weighted by Crippen LogP contribution is -2.71. The molecule has 0 aliphatic heterocycles. The van der Waals surface area contributed by atoms with E-state index in [4.69, 9.17) is 5.11 Å². The molecule has 0 aliphatic rings. The molecular formula is C11H8F12O3. The topological polar surface area (TPSA) is 46.5 Å². The summed E-state index contributed by atoms with van der Waals surface area (Å²) in [6, 6.07) is 0. The van der Waals surface area contributed by atoms with Crippen LogP contribution >= 0.6 is 0 Å². The van der Waals surface area contributed by atoms with Gasteiger partial charge in [0.2, 0.25) is 0 Å². The van der Waals surface area contributed by atoms with Crippen molar-refractivity contribution in [1.29, 1.82) is 0 Å². The van der Waals surface area contributed by atoms with E-state index in [-0.39, 0.29) is 0 Å². The van der Waals surface area contributed by atoms with Crippen LogP contribution in [0, 0.1) is 0 Å². The Bertz CT molecular complexity index is 575. The van der Waals surface area contributed by atoms with Crippen LogP contribution in [0.5, 0.6) is 0 Å². The molecule has 0 saturated carbocycles. The Morgan fingerprint density at radius 2 is 1.12 bits per heavy atom. The minimum Gasteiger partial charge on any atom is -0.393 e. The van der Waals surface area contributed by atoms with Gasteiger partial charge in [-0.15, -0.1) is 0 Å². The molecule has 0 heterocycles. The summed E-state index contributed by atoms with van der Waals surface area (Å²) in [4.78, 5) is 10.9. The molecule has 0 rings (SSSR count). The molecule has 0 aromatic carbocycles. The first-order chi connectivity index (χ1) is 11.1. The van der Waals surface area contributed by atoms with Crippen LogP contribution in [0.4, 0.5) is 52.7 Å². The summed E-state index contributed by atoms with van der Waals surface area (Å²) in [7, 11) is 0. The molecule has 1 N–H and O–H groups in total. The fraction of sp³-hybridized carbons (Fsp3) is 0.727. The second kappa shape index (κ2) is 6.49. The second-order valence-electron chi connectivity index (χ2n) is 4.72. The Kier molecular flexibility index (Phi) is 6.08. The van der Waals surface area contributed by atoms with Crippen LogP contribution in [0.15, 0.2) is 11.6 Å². The highest BCUT2D eigenvalue weighted by atomic mass is 19.4. The number of allylic oxidation sites excluding steroid dienone is 1. The Balaban J connectivity index is 6.20. The molecule has 0 aromatic rings. The molecule has 0 atom stereocenters. The molecule has 0 spiro atoms. The molecule has 0 radical (unpaired) electrons. The predicted octanol–water partition coefficient (Wildman–Crippen LogP) is 4.21. The van der Waals surface area contributed by atoms with Gasteiger partial charge in [-0.05, 0) is 13.8 Å². The molecule has 154 valence electrons. The molecule has 26 heavy (non-hydrogen) atoms. The summed E-state index contributed by atoms with van der Waals surface area (Å²) in [5.41, 5.74) is -0.900. The van der Waals surface area contributed by atoms with E-state index in [1.54, 1.807) is 0 Å². The number of rotatable bonds is 7. The van der Waals surface area contributed by atoms with Crippen molar-refractivity contribution in [2.45, 2.75) is 49.8 Å². The number of halogens is 12. The summed E-state index contributed by atoms with van der Waals surface area (Å²) >= 11 is 0. The van der Waals surface area contributed by atoms with E-state index in [0.29, 0.717) is 13.0 Å². The van der Waals surface area contributed by atoms with E-state index in [9.17, 15) is 57.5 Å². The Labute approximate surface area is 136 Å². The SMILES string of the molecule is CC=C(C)C(=O)OC(F)(F)C(F)(F)C(F)(F)C(F)(F)C(F)(F)C(O)(F)F. The van der Waals surface area contributed by atoms with Crippen molar-refractivity contribution in [2.75, 3.05) is 0 Å². The minimum absolute atomic E-state index is 0.643. The average Bonchev–Trinajstić information content (AvgIpc) is 2.43. The third kappa shape index (κ3) is 3.44. The van der Waals surface area contributed by atoms with E-state index in [1.807, 2.05) is 0 Å². The first-order valence-corrected chi connectivity index (χ1v) is 5.97. The normalized spacial score (nSPS) is 15.9. The van der Waals surface area contributed by atoms with Gasteiger partial charge in [-0.3, -0.25) is 0 Å². The van der Waals surface area contributed by atoms with Crippen LogP contribution in [0.25, 0.3) is 0 Å². The van der Waals surface area contributed by atoms with Crippen molar-refractivity contribution in [2.24, 2.45) is 0 Å². The number of carbonyl (C=O) groups is 1.